The van der Waals surface area contributed by atoms with Crippen LogP contribution in [-0.4, -0.2) is 57.2 Å². The van der Waals surface area contributed by atoms with Crippen LogP contribution in [0.1, 0.15) is 32.6 Å². The second-order valence-corrected chi connectivity index (χ2v) is 6.99. The van der Waals surface area contributed by atoms with E-state index in [9.17, 15) is 13.2 Å². The van der Waals surface area contributed by atoms with Crippen molar-refractivity contribution in [3.05, 3.63) is 0 Å². The van der Waals surface area contributed by atoms with Crippen molar-refractivity contribution in [3.8, 4) is 0 Å². The molecule has 1 rings (SSSR count). The number of sulfonamides is 1. The van der Waals surface area contributed by atoms with Crippen LogP contribution in [0.2, 0.25) is 0 Å². The van der Waals surface area contributed by atoms with E-state index >= 15 is 0 Å². The van der Waals surface area contributed by atoms with E-state index in [0.717, 1.165) is 25.8 Å². The van der Waals surface area contributed by atoms with Gasteiger partial charge in [-0.05, 0) is 26.3 Å². The minimum absolute atomic E-state index is 0.0847. The number of hydrogen-bond acceptors (Lipinski definition) is 5. The van der Waals surface area contributed by atoms with Crippen molar-refractivity contribution in [2.75, 3.05) is 32.5 Å². The van der Waals surface area contributed by atoms with Crippen LogP contribution in [0.15, 0.2) is 0 Å². The number of nitrogens with zero attached hydrogens (tertiary/aromatic N) is 1. The number of carbonyl (C=O) groups is 1. The lowest BCUT2D eigenvalue weighted by atomic mass is 10.1. The van der Waals surface area contributed by atoms with Crippen LogP contribution in [0.3, 0.4) is 0 Å². The van der Waals surface area contributed by atoms with Crippen LogP contribution in [0.4, 0.5) is 0 Å². The molecule has 1 fully saturated rings. The normalized spacial score (nSPS) is 20.5. The van der Waals surface area contributed by atoms with Gasteiger partial charge in [0.25, 0.3) is 0 Å². The summed E-state index contributed by atoms with van der Waals surface area (Å²) >= 11 is 0. The van der Waals surface area contributed by atoms with Gasteiger partial charge in [-0.2, -0.15) is 0 Å². The fourth-order valence-corrected chi connectivity index (χ4v) is 3.25. The van der Waals surface area contributed by atoms with Gasteiger partial charge in [-0.25, -0.2) is 12.7 Å². The third-order valence-corrected chi connectivity index (χ3v) is 5.05. The summed E-state index contributed by atoms with van der Waals surface area (Å²) in [6, 6.07) is 0.219. The van der Waals surface area contributed by atoms with Gasteiger partial charge in [-0.15, -0.1) is 0 Å². The largest absolute Gasteiger partial charge is 0.466 e. The predicted molar refractivity (Wildman–Crippen MR) is 73.3 cm³/mol. The lowest BCUT2D eigenvalue weighted by Gasteiger charge is -2.27. The van der Waals surface area contributed by atoms with Crippen molar-refractivity contribution in [2.45, 2.75) is 38.6 Å². The Morgan fingerprint density at radius 1 is 1.42 bits per heavy atom. The van der Waals surface area contributed by atoms with Crippen molar-refractivity contribution >= 4 is 16.0 Å². The molecule has 0 aromatic rings. The third kappa shape index (κ3) is 5.88. The van der Waals surface area contributed by atoms with E-state index in [2.05, 4.69) is 5.32 Å². The predicted octanol–water partition coefficient (Wildman–Crippen LogP) is 0.343. The van der Waals surface area contributed by atoms with Crippen LogP contribution >= 0.6 is 0 Å². The summed E-state index contributed by atoms with van der Waals surface area (Å²) in [7, 11) is -1.81. The lowest BCUT2D eigenvalue weighted by Crippen LogP contribution is -2.44. The molecule has 1 heterocycles. The lowest BCUT2D eigenvalue weighted by molar-refractivity contribution is -0.142. The molecule has 1 aliphatic rings. The number of esters is 1. The molecule has 1 N–H and O–H groups in total. The molecule has 0 radical (unpaired) electrons. The molecule has 0 saturated carbocycles. The Bertz CT molecular complexity index is 377. The minimum Gasteiger partial charge on any atom is -0.466 e. The van der Waals surface area contributed by atoms with Gasteiger partial charge in [-0.1, -0.05) is 6.42 Å². The fourth-order valence-electron chi connectivity index (χ4n) is 2.11. The molecular formula is C12H24N2O4S. The number of nitrogens with one attached hydrogen (secondary N) is 1. The minimum atomic E-state index is -3.38. The highest BCUT2D eigenvalue weighted by atomic mass is 32.2. The molecule has 1 saturated heterocycles. The molecule has 0 aromatic heterocycles. The summed E-state index contributed by atoms with van der Waals surface area (Å²) < 4.78 is 30.1. The Morgan fingerprint density at radius 3 is 2.74 bits per heavy atom. The van der Waals surface area contributed by atoms with Crippen LogP contribution in [-0.2, 0) is 19.6 Å². The summed E-state index contributed by atoms with van der Waals surface area (Å²) in [4.78, 5) is 11.2. The number of hydrogen-bond donors (Lipinski definition) is 1. The topological polar surface area (TPSA) is 75.7 Å². The molecule has 0 aliphatic carbocycles. The van der Waals surface area contributed by atoms with Crippen LogP contribution < -0.4 is 5.32 Å². The van der Waals surface area contributed by atoms with Crippen molar-refractivity contribution < 1.29 is 17.9 Å². The standard InChI is InChI=1S/C12H24N2O4S/c1-3-18-12(15)7-9-19(16,17)14(2)10-11-6-4-5-8-13-11/h11,13H,3-10H2,1-2H3. The summed E-state index contributed by atoms with van der Waals surface area (Å²) in [5.74, 6) is -0.648. The van der Waals surface area contributed by atoms with Gasteiger partial charge in [0.15, 0.2) is 0 Å². The van der Waals surface area contributed by atoms with E-state index in [1.54, 1.807) is 14.0 Å². The van der Waals surface area contributed by atoms with Gasteiger partial charge < -0.3 is 10.1 Å². The summed E-state index contributed by atoms with van der Waals surface area (Å²) in [6.07, 6.45) is 3.19. The molecule has 112 valence electrons. The average molecular weight is 292 g/mol. The molecule has 0 amide bonds. The van der Waals surface area contributed by atoms with E-state index in [1.165, 1.54) is 4.31 Å². The SMILES string of the molecule is CCOC(=O)CCS(=O)(=O)N(C)CC1CCCCN1. The molecule has 7 heteroatoms. The maximum absolute atomic E-state index is 12.0. The number of likely N-dealkylation sites (N-methyl/N-ethyl adjacent to an activating group) is 1. The first kappa shape index (κ1) is 16.4. The zero-order valence-corrected chi connectivity index (χ0v) is 12.5. The second-order valence-electron chi connectivity index (χ2n) is 4.80. The van der Waals surface area contributed by atoms with Crippen molar-refractivity contribution in [1.29, 1.82) is 0 Å². The van der Waals surface area contributed by atoms with Crippen molar-refractivity contribution in [1.82, 2.24) is 9.62 Å². The van der Waals surface area contributed by atoms with E-state index in [0.29, 0.717) is 6.54 Å². The first-order chi connectivity index (χ1) is 8.95. The van der Waals surface area contributed by atoms with Crippen LogP contribution in [0, 0.1) is 0 Å². The Morgan fingerprint density at radius 2 is 2.16 bits per heavy atom. The van der Waals surface area contributed by atoms with Gasteiger partial charge in [0, 0.05) is 19.6 Å². The molecule has 0 aromatic carbocycles. The van der Waals surface area contributed by atoms with Gasteiger partial charge in [0.2, 0.25) is 10.0 Å². The number of piperidine rings is 1. The average Bonchev–Trinajstić information content (AvgIpc) is 2.38. The highest BCUT2D eigenvalue weighted by Gasteiger charge is 2.23. The molecule has 19 heavy (non-hydrogen) atoms. The smallest absolute Gasteiger partial charge is 0.306 e. The Balaban J connectivity index is 2.39. The van der Waals surface area contributed by atoms with Gasteiger partial charge in [0.05, 0.1) is 18.8 Å². The molecule has 6 nitrogen and oxygen atoms in total. The van der Waals surface area contributed by atoms with Crippen LogP contribution in [0.5, 0.6) is 0 Å². The quantitative estimate of drug-likeness (QED) is 0.685. The van der Waals surface area contributed by atoms with E-state index in [4.69, 9.17) is 4.74 Å². The van der Waals surface area contributed by atoms with Crippen LogP contribution in [0.25, 0.3) is 0 Å². The van der Waals surface area contributed by atoms with Gasteiger partial charge in [0.1, 0.15) is 0 Å². The maximum Gasteiger partial charge on any atom is 0.306 e. The number of rotatable bonds is 7. The Kier molecular flexibility index (Phi) is 6.74. The number of ether oxygens (including phenoxy) is 1. The molecule has 0 bridgehead atoms. The van der Waals surface area contributed by atoms with Crippen molar-refractivity contribution in [2.24, 2.45) is 0 Å². The number of carbonyl (C=O) groups excluding carboxylic acids is 1. The second kappa shape index (κ2) is 7.81. The summed E-state index contributed by atoms with van der Waals surface area (Å²) in [6.45, 7) is 3.39. The first-order valence-corrected chi connectivity index (χ1v) is 8.39. The zero-order chi connectivity index (χ0) is 14.3. The monoisotopic (exact) mass is 292 g/mol. The first-order valence-electron chi connectivity index (χ1n) is 6.78. The van der Waals surface area contributed by atoms with E-state index < -0.39 is 16.0 Å². The Hall–Kier alpha value is -0.660. The molecule has 1 atom stereocenters. The highest BCUT2D eigenvalue weighted by molar-refractivity contribution is 7.89. The fraction of sp³-hybridized carbons (Fsp3) is 0.917. The summed E-state index contributed by atoms with van der Waals surface area (Å²) in [5, 5.41) is 3.31. The zero-order valence-electron chi connectivity index (χ0n) is 11.7. The Labute approximate surface area is 115 Å². The molecule has 1 aliphatic heterocycles. The summed E-state index contributed by atoms with van der Waals surface area (Å²) in [5.41, 5.74) is 0. The van der Waals surface area contributed by atoms with E-state index in [1.807, 2.05) is 0 Å². The third-order valence-electron chi connectivity index (χ3n) is 3.23. The van der Waals surface area contributed by atoms with Gasteiger partial charge in [-0.3, -0.25) is 4.79 Å². The highest BCUT2D eigenvalue weighted by Crippen LogP contribution is 2.10. The molecule has 1 unspecified atom stereocenters. The molecule has 0 spiro atoms. The van der Waals surface area contributed by atoms with Crippen molar-refractivity contribution in [3.63, 3.8) is 0 Å². The van der Waals surface area contributed by atoms with E-state index in [-0.39, 0.29) is 24.8 Å². The molecular weight excluding hydrogens is 268 g/mol. The van der Waals surface area contributed by atoms with Gasteiger partial charge >= 0.3 is 5.97 Å². The maximum atomic E-state index is 12.0.